The van der Waals surface area contributed by atoms with E-state index in [1.807, 2.05) is 0 Å². The van der Waals surface area contributed by atoms with Gasteiger partial charge < -0.3 is 15.6 Å². The van der Waals surface area contributed by atoms with Crippen LogP contribution in [0.15, 0.2) is 5.38 Å². The highest BCUT2D eigenvalue weighted by molar-refractivity contribution is 7.13. The summed E-state index contributed by atoms with van der Waals surface area (Å²) in [4.78, 5) is 24.4. The zero-order valence-electron chi connectivity index (χ0n) is 5.93. The van der Waals surface area contributed by atoms with Crippen molar-refractivity contribution in [3.05, 3.63) is 11.1 Å². The van der Waals surface area contributed by atoms with Gasteiger partial charge in [0.05, 0.1) is 5.69 Å². The molecule has 0 bridgehead atoms. The molecule has 5 nitrogen and oxygen atoms in total. The smallest absolute Gasteiger partial charge is 0.319 e. The van der Waals surface area contributed by atoms with E-state index in [1.54, 1.807) is 0 Å². The van der Waals surface area contributed by atoms with Crippen LogP contribution in [0.4, 0.5) is 5.13 Å². The summed E-state index contributed by atoms with van der Waals surface area (Å²) in [6.07, 6.45) is 0.330. The number of aromatic nitrogens is 1. The molecule has 0 saturated carbocycles. The van der Waals surface area contributed by atoms with Crippen molar-refractivity contribution in [2.45, 2.75) is 5.92 Å². The van der Waals surface area contributed by atoms with E-state index in [0.717, 1.165) is 11.3 Å². The molecule has 1 atom stereocenters. The van der Waals surface area contributed by atoms with Gasteiger partial charge in [-0.15, -0.1) is 11.3 Å². The lowest BCUT2D eigenvalue weighted by atomic mass is 10.1. The molecule has 1 aromatic rings. The summed E-state index contributed by atoms with van der Waals surface area (Å²) in [5.74, 6) is -2.41. The topological polar surface area (TPSA) is 93.3 Å². The van der Waals surface area contributed by atoms with E-state index >= 15 is 0 Å². The summed E-state index contributed by atoms with van der Waals surface area (Å²) in [6, 6.07) is 0. The number of rotatable bonds is 3. The maximum Gasteiger partial charge on any atom is 0.319 e. The van der Waals surface area contributed by atoms with Gasteiger partial charge in [0.25, 0.3) is 0 Å². The highest BCUT2D eigenvalue weighted by Gasteiger charge is 2.21. The Hall–Kier alpha value is -1.43. The Bertz CT molecular complexity index is 309. The van der Waals surface area contributed by atoms with Crippen LogP contribution in [0.5, 0.6) is 0 Å². The number of aliphatic carboxylic acids is 1. The SMILES string of the molecule is Nc1nc(C(C=O)C(=O)O)cs1. The molecule has 1 rings (SSSR count). The van der Waals surface area contributed by atoms with E-state index in [-0.39, 0.29) is 10.8 Å². The predicted octanol–water partition coefficient (Wildman–Crippen LogP) is 0.0924. The Morgan fingerprint density at radius 2 is 2.50 bits per heavy atom. The minimum Gasteiger partial charge on any atom is -0.480 e. The van der Waals surface area contributed by atoms with Crippen molar-refractivity contribution in [1.82, 2.24) is 4.98 Å². The molecule has 0 aliphatic carbocycles. The second-order valence-electron chi connectivity index (χ2n) is 2.06. The Morgan fingerprint density at radius 3 is 2.83 bits per heavy atom. The number of hydrogen-bond donors (Lipinski definition) is 2. The number of nitrogen functional groups attached to an aromatic ring is 1. The molecule has 1 unspecified atom stereocenters. The number of carbonyl (C=O) groups is 2. The van der Waals surface area contributed by atoms with Gasteiger partial charge in [-0.2, -0.15) is 0 Å². The first-order valence-electron chi connectivity index (χ1n) is 3.04. The molecule has 0 aliphatic rings. The van der Waals surface area contributed by atoms with Crippen molar-refractivity contribution in [3.63, 3.8) is 0 Å². The van der Waals surface area contributed by atoms with Crippen molar-refractivity contribution in [3.8, 4) is 0 Å². The van der Waals surface area contributed by atoms with Gasteiger partial charge in [0, 0.05) is 5.38 Å². The first kappa shape index (κ1) is 8.66. The Morgan fingerprint density at radius 1 is 1.83 bits per heavy atom. The van der Waals surface area contributed by atoms with Gasteiger partial charge in [0.15, 0.2) is 11.0 Å². The average molecular weight is 186 g/mol. The highest BCUT2D eigenvalue weighted by atomic mass is 32.1. The summed E-state index contributed by atoms with van der Waals surface area (Å²) in [5, 5.41) is 10.3. The molecule has 6 heteroatoms. The van der Waals surface area contributed by atoms with Crippen LogP contribution in [-0.2, 0) is 9.59 Å². The summed E-state index contributed by atoms with van der Waals surface area (Å²) < 4.78 is 0. The predicted molar refractivity (Wildman–Crippen MR) is 43.0 cm³/mol. The minimum absolute atomic E-state index is 0.194. The molecule has 0 spiro atoms. The largest absolute Gasteiger partial charge is 0.480 e. The van der Waals surface area contributed by atoms with Crippen LogP contribution < -0.4 is 5.73 Å². The van der Waals surface area contributed by atoms with Crippen molar-refractivity contribution in [2.24, 2.45) is 0 Å². The Kier molecular flexibility index (Phi) is 2.39. The Labute approximate surface area is 71.8 Å². The van der Waals surface area contributed by atoms with Crippen molar-refractivity contribution < 1.29 is 14.7 Å². The van der Waals surface area contributed by atoms with E-state index in [2.05, 4.69) is 4.98 Å². The third-order valence-electron chi connectivity index (χ3n) is 1.26. The highest BCUT2D eigenvalue weighted by Crippen LogP contribution is 2.18. The molecule has 0 aliphatic heterocycles. The standard InChI is InChI=1S/C6H6N2O3S/c7-6-8-4(2-12-6)3(1-9)5(10)11/h1-3H,(H2,7,8)(H,10,11). The van der Waals surface area contributed by atoms with Gasteiger partial charge >= 0.3 is 5.97 Å². The second kappa shape index (κ2) is 3.31. The average Bonchev–Trinajstić information content (AvgIpc) is 2.37. The van der Waals surface area contributed by atoms with Crippen LogP contribution in [0, 0.1) is 0 Å². The van der Waals surface area contributed by atoms with E-state index in [1.165, 1.54) is 5.38 Å². The quantitative estimate of drug-likeness (QED) is 0.515. The van der Waals surface area contributed by atoms with Crippen LogP contribution in [0.2, 0.25) is 0 Å². The number of carboxylic acid groups (broad SMARTS) is 1. The van der Waals surface area contributed by atoms with Crippen molar-refractivity contribution in [2.75, 3.05) is 5.73 Å². The Balaban J connectivity index is 2.94. The zero-order chi connectivity index (χ0) is 9.14. The fraction of sp³-hybridized carbons (Fsp3) is 0.167. The molecule has 1 aromatic heterocycles. The van der Waals surface area contributed by atoms with Gasteiger partial charge in [0.1, 0.15) is 6.29 Å². The number of nitrogens with zero attached hydrogens (tertiary/aromatic N) is 1. The van der Waals surface area contributed by atoms with E-state index in [0.29, 0.717) is 6.29 Å². The molecule has 0 radical (unpaired) electrons. The zero-order valence-corrected chi connectivity index (χ0v) is 6.75. The van der Waals surface area contributed by atoms with E-state index < -0.39 is 11.9 Å². The molecule has 0 fully saturated rings. The number of thiazole rings is 1. The fourth-order valence-corrected chi connectivity index (χ4v) is 1.30. The lowest BCUT2D eigenvalue weighted by Gasteiger charge is -1.97. The molecule has 3 N–H and O–H groups in total. The first-order chi connectivity index (χ1) is 5.65. The van der Waals surface area contributed by atoms with Crippen LogP contribution in [0.25, 0.3) is 0 Å². The molecular weight excluding hydrogens is 180 g/mol. The number of nitrogens with two attached hydrogens (primary N) is 1. The minimum atomic E-state index is -1.21. The third kappa shape index (κ3) is 1.59. The number of carbonyl (C=O) groups excluding carboxylic acids is 1. The number of anilines is 1. The molecule has 12 heavy (non-hydrogen) atoms. The molecular formula is C6H6N2O3S. The van der Waals surface area contributed by atoms with Gasteiger partial charge in [0.2, 0.25) is 0 Å². The first-order valence-corrected chi connectivity index (χ1v) is 3.92. The molecule has 0 amide bonds. The van der Waals surface area contributed by atoms with E-state index in [9.17, 15) is 9.59 Å². The molecule has 0 aromatic carbocycles. The number of hydrogen-bond acceptors (Lipinski definition) is 5. The van der Waals surface area contributed by atoms with Crippen molar-refractivity contribution >= 4 is 28.7 Å². The second-order valence-corrected chi connectivity index (χ2v) is 2.95. The number of carboxylic acids is 1. The van der Waals surface area contributed by atoms with Crippen LogP contribution in [0.1, 0.15) is 11.6 Å². The molecule has 1 heterocycles. The van der Waals surface area contributed by atoms with Gasteiger partial charge in [-0.25, -0.2) is 4.98 Å². The van der Waals surface area contributed by atoms with Crippen molar-refractivity contribution in [1.29, 1.82) is 0 Å². The maximum atomic E-state index is 10.4. The lowest BCUT2D eigenvalue weighted by Crippen LogP contribution is -2.13. The fourth-order valence-electron chi connectivity index (χ4n) is 0.698. The normalized spacial score (nSPS) is 12.3. The van der Waals surface area contributed by atoms with Gasteiger partial charge in [-0.05, 0) is 0 Å². The lowest BCUT2D eigenvalue weighted by molar-refractivity contribution is -0.140. The third-order valence-corrected chi connectivity index (χ3v) is 1.95. The maximum absolute atomic E-state index is 10.4. The monoisotopic (exact) mass is 186 g/mol. The van der Waals surface area contributed by atoms with Crippen LogP contribution in [-0.4, -0.2) is 22.3 Å². The van der Waals surface area contributed by atoms with E-state index in [4.69, 9.17) is 10.8 Å². The van der Waals surface area contributed by atoms with Gasteiger partial charge in [-0.1, -0.05) is 0 Å². The summed E-state index contributed by atoms with van der Waals surface area (Å²) in [5.41, 5.74) is 5.46. The van der Waals surface area contributed by atoms with Crippen LogP contribution in [0.3, 0.4) is 0 Å². The molecule has 64 valence electrons. The van der Waals surface area contributed by atoms with Gasteiger partial charge in [-0.3, -0.25) is 4.79 Å². The number of aldehydes is 1. The summed E-state index contributed by atoms with van der Waals surface area (Å²) in [7, 11) is 0. The molecule has 0 saturated heterocycles. The summed E-state index contributed by atoms with van der Waals surface area (Å²) in [6.45, 7) is 0. The summed E-state index contributed by atoms with van der Waals surface area (Å²) >= 11 is 1.11. The van der Waals surface area contributed by atoms with Crippen LogP contribution >= 0.6 is 11.3 Å².